The molecule has 0 aromatic rings. The first-order valence-electron chi connectivity index (χ1n) is 6.36. The number of hydrogen-bond donors (Lipinski definition) is 1. The third-order valence-corrected chi connectivity index (χ3v) is 4.47. The van der Waals surface area contributed by atoms with Gasteiger partial charge in [-0.25, -0.2) is 9.59 Å². The summed E-state index contributed by atoms with van der Waals surface area (Å²) in [5.41, 5.74) is 0. The molecular formula is C12H22N2O4S. The van der Waals surface area contributed by atoms with Gasteiger partial charge in [-0.1, -0.05) is 0 Å². The van der Waals surface area contributed by atoms with Crippen molar-refractivity contribution in [3.63, 3.8) is 0 Å². The Labute approximate surface area is 118 Å². The first-order chi connectivity index (χ1) is 8.93. The summed E-state index contributed by atoms with van der Waals surface area (Å²) in [6.45, 7) is 6.61. The highest BCUT2D eigenvalue weighted by Crippen LogP contribution is 2.30. The van der Waals surface area contributed by atoms with E-state index in [-0.39, 0.29) is 17.4 Å². The van der Waals surface area contributed by atoms with Gasteiger partial charge >= 0.3 is 12.0 Å². The monoisotopic (exact) mass is 290 g/mol. The van der Waals surface area contributed by atoms with Crippen LogP contribution in [0, 0.1) is 0 Å². The molecule has 0 spiro atoms. The van der Waals surface area contributed by atoms with Crippen LogP contribution in [0.5, 0.6) is 0 Å². The van der Waals surface area contributed by atoms with Gasteiger partial charge in [0.2, 0.25) is 0 Å². The molecule has 1 aliphatic heterocycles. The predicted octanol–water partition coefficient (Wildman–Crippen LogP) is 1.31. The van der Waals surface area contributed by atoms with E-state index < -0.39 is 12.0 Å². The fourth-order valence-electron chi connectivity index (χ4n) is 2.24. The summed E-state index contributed by atoms with van der Waals surface area (Å²) in [5, 5.41) is 9.08. The van der Waals surface area contributed by atoms with E-state index in [0.717, 1.165) is 0 Å². The molecule has 0 bridgehead atoms. The molecule has 110 valence electrons. The van der Waals surface area contributed by atoms with E-state index in [1.165, 1.54) is 16.7 Å². The van der Waals surface area contributed by atoms with Crippen LogP contribution in [0.25, 0.3) is 0 Å². The average Bonchev–Trinajstić information content (AvgIpc) is 2.72. The zero-order chi connectivity index (χ0) is 14.6. The summed E-state index contributed by atoms with van der Waals surface area (Å²) in [7, 11) is 1.59. The molecule has 1 heterocycles. The fraction of sp³-hybridized carbons (Fsp3) is 0.833. The molecule has 2 amide bonds. The van der Waals surface area contributed by atoms with Gasteiger partial charge in [0.15, 0.2) is 0 Å². The number of rotatable bonds is 5. The Hall–Kier alpha value is -0.950. The smallest absolute Gasteiger partial charge is 0.327 e. The van der Waals surface area contributed by atoms with Crippen LogP contribution in [0.3, 0.4) is 0 Å². The van der Waals surface area contributed by atoms with Crippen LogP contribution < -0.4 is 0 Å². The first kappa shape index (κ1) is 16.1. The third-order valence-electron chi connectivity index (χ3n) is 3.26. The highest BCUT2D eigenvalue weighted by atomic mass is 32.2. The van der Waals surface area contributed by atoms with Crippen molar-refractivity contribution in [3.8, 4) is 0 Å². The third kappa shape index (κ3) is 3.54. The van der Waals surface area contributed by atoms with Gasteiger partial charge in [-0.15, -0.1) is 11.8 Å². The molecule has 19 heavy (non-hydrogen) atoms. The van der Waals surface area contributed by atoms with Crippen molar-refractivity contribution in [1.82, 2.24) is 9.80 Å². The lowest BCUT2D eigenvalue weighted by Crippen LogP contribution is -2.54. The van der Waals surface area contributed by atoms with E-state index in [0.29, 0.717) is 18.9 Å². The predicted molar refractivity (Wildman–Crippen MR) is 74.3 cm³/mol. The largest absolute Gasteiger partial charge is 0.480 e. The Morgan fingerprint density at radius 2 is 2.21 bits per heavy atom. The minimum atomic E-state index is -0.944. The van der Waals surface area contributed by atoms with Crippen LogP contribution in [0.1, 0.15) is 20.8 Å². The van der Waals surface area contributed by atoms with Crippen molar-refractivity contribution in [3.05, 3.63) is 0 Å². The number of hydrogen-bond acceptors (Lipinski definition) is 4. The minimum Gasteiger partial charge on any atom is -0.480 e. The summed E-state index contributed by atoms with van der Waals surface area (Å²) < 4.78 is 5.07. The number of nitrogens with zero attached hydrogens (tertiary/aromatic N) is 2. The Morgan fingerprint density at radius 3 is 2.68 bits per heavy atom. The molecule has 3 unspecified atom stereocenters. The van der Waals surface area contributed by atoms with Crippen molar-refractivity contribution in [2.45, 2.75) is 38.2 Å². The lowest BCUT2D eigenvalue weighted by atomic mass is 10.2. The van der Waals surface area contributed by atoms with Crippen LogP contribution in [0.15, 0.2) is 0 Å². The SMILES string of the molecule is CCN(C(=O)N1C(C)SCC1C(=O)O)C(C)COC. The topological polar surface area (TPSA) is 70.1 Å². The summed E-state index contributed by atoms with van der Waals surface area (Å²) in [6, 6.07) is -1.04. The van der Waals surface area contributed by atoms with E-state index in [1.807, 2.05) is 20.8 Å². The molecule has 1 aliphatic rings. The second-order valence-electron chi connectivity index (χ2n) is 4.57. The summed E-state index contributed by atoms with van der Waals surface area (Å²) in [4.78, 5) is 26.9. The van der Waals surface area contributed by atoms with Crippen LogP contribution in [0.2, 0.25) is 0 Å². The Morgan fingerprint density at radius 1 is 1.58 bits per heavy atom. The van der Waals surface area contributed by atoms with E-state index in [1.54, 1.807) is 12.0 Å². The Bertz CT molecular complexity index is 340. The summed E-state index contributed by atoms with van der Waals surface area (Å²) in [5.74, 6) is -0.501. The molecule has 0 aromatic heterocycles. The van der Waals surface area contributed by atoms with Crippen LogP contribution >= 0.6 is 11.8 Å². The maximum atomic E-state index is 12.5. The number of carbonyl (C=O) groups excluding carboxylic acids is 1. The number of methoxy groups -OCH3 is 1. The van der Waals surface area contributed by atoms with Crippen molar-refractivity contribution < 1.29 is 19.4 Å². The van der Waals surface area contributed by atoms with Gasteiger partial charge in [0.25, 0.3) is 0 Å². The van der Waals surface area contributed by atoms with Crippen molar-refractivity contribution >= 4 is 23.8 Å². The van der Waals surface area contributed by atoms with E-state index in [4.69, 9.17) is 4.74 Å². The first-order valence-corrected chi connectivity index (χ1v) is 7.41. The quantitative estimate of drug-likeness (QED) is 0.826. The normalized spacial score (nSPS) is 24.3. The molecular weight excluding hydrogens is 268 g/mol. The van der Waals surface area contributed by atoms with Crippen LogP contribution in [-0.2, 0) is 9.53 Å². The van der Waals surface area contributed by atoms with Gasteiger partial charge < -0.3 is 14.7 Å². The number of thioether (sulfide) groups is 1. The maximum Gasteiger partial charge on any atom is 0.327 e. The van der Waals surface area contributed by atoms with Gasteiger partial charge in [0, 0.05) is 19.4 Å². The molecule has 0 saturated carbocycles. The molecule has 1 N–H and O–H groups in total. The molecule has 3 atom stereocenters. The van der Waals surface area contributed by atoms with Crippen molar-refractivity contribution in [1.29, 1.82) is 0 Å². The number of carboxylic acids is 1. The Kier molecular flexibility index (Phi) is 5.93. The highest BCUT2D eigenvalue weighted by Gasteiger charge is 2.41. The molecule has 0 aromatic carbocycles. The lowest BCUT2D eigenvalue weighted by Gasteiger charge is -2.35. The van der Waals surface area contributed by atoms with E-state index in [9.17, 15) is 14.7 Å². The minimum absolute atomic E-state index is 0.0743. The van der Waals surface area contributed by atoms with Crippen molar-refractivity contribution in [2.75, 3.05) is 26.0 Å². The molecule has 1 fully saturated rings. The number of carboxylic acid groups (broad SMARTS) is 1. The van der Waals surface area contributed by atoms with E-state index in [2.05, 4.69) is 0 Å². The molecule has 1 saturated heterocycles. The molecule has 1 rings (SSSR count). The molecule has 7 heteroatoms. The zero-order valence-electron chi connectivity index (χ0n) is 11.8. The molecule has 0 aliphatic carbocycles. The summed E-state index contributed by atoms with van der Waals surface area (Å²) >= 11 is 1.49. The number of ether oxygens (including phenoxy) is 1. The number of likely N-dealkylation sites (N-methyl/N-ethyl adjacent to an activating group) is 1. The summed E-state index contributed by atoms with van der Waals surface area (Å²) in [6.07, 6.45) is 0. The fourth-order valence-corrected chi connectivity index (χ4v) is 3.40. The number of carbonyl (C=O) groups is 2. The van der Waals surface area contributed by atoms with Crippen LogP contribution in [0.4, 0.5) is 4.79 Å². The number of amides is 2. The number of aliphatic carboxylic acids is 1. The average molecular weight is 290 g/mol. The van der Waals surface area contributed by atoms with Crippen LogP contribution in [-0.4, -0.2) is 70.4 Å². The van der Waals surface area contributed by atoms with Gasteiger partial charge in [-0.2, -0.15) is 0 Å². The van der Waals surface area contributed by atoms with Gasteiger partial charge in [0.1, 0.15) is 6.04 Å². The lowest BCUT2D eigenvalue weighted by molar-refractivity contribution is -0.141. The van der Waals surface area contributed by atoms with Gasteiger partial charge in [0.05, 0.1) is 18.0 Å². The van der Waals surface area contributed by atoms with E-state index >= 15 is 0 Å². The Balaban J connectivity index is 2.85. The maximum absolute atomic E-state index is 12.5. The van der Waals surface area contributed by atoms with Crippen molar-refractivity contribution in [2.24, 2.45) is 0 Å². The second-order valence-corrected chi connectivity index (χ2v) is 5.92. The van der Waals surface area contributed by atoms with Gasteiger partial charge in [-0.05, 0) is 20.8 Å². The number of urea groups is 1. The standard InChI is InChI=1S/C12H22N2O4S/c1-5-13(8(2)6-18-4)12(17)14-9(3)19-7-10(14)11(15)16/h8-10H,5-7H2,1-4H3,(H,15,16). The molecule has 0 radical (unpaired) electrons. The van der Waals surface area contributed by atoms with Gasteiger partial charge in [-0.3, -0.25) is 4.90 Å². The second kappa shape index (κ2) is 7.00. The highest BCUT2D eigenvalue weighted by molar-refractivity contribution is 8.00. The molecule has 6 nitrogen and oxygen atoms in total. The zero-order valence-corrected chi connectivity index (χ0v) is 12.6.